The molecule has 0 aliphatic rings. The van der Waals surface area contributed by atoms with Crippen LogP contribution < -0.4 is 15.8 Å². The van der Waals surface area contributed by atoms with E-state index in [4.69, 9.17) is 22.1 Å². The summed E-state index contributed by atoms with van der Waals surface area (Å²) in [7, 11) is 1.33. The van der Waals surface area contributed by atoms with E-state index in [1.807, 2.05) is 0 Å². The van der Waals surface area contributed by atoms with Gasteiger partial charge >= 0.3 is 0 Å². The van der Waals surface area contributed by atoms with Gasteiger partial charge in [0.25, 0.3) is 5.91 Å². The van der Waals surface area contributed by atoms with Crippen molar-refractivity contribution in [2.24, 2.45) is 0 Å². The van der Waals surface area contributed by atoms with Crippen LogP contribution in [0.2, 0.25) is 5.15 Å². The standard InChI is InChI=1S/C12H9ClF2N4O2/c1-21-8-4-7(13)17-12(18-8)19-11(20)9-5(14)2-3-6(16)10(9)15/h2-4H,16H2,1H3,(H,17,18,19,20). The summed E-state index contributed by atoms with van der Waals surface area (Å²) in [6.45, 7) is 0. The molecule has 1 amide bonds. The SMILES string of the molecule is COc1cc(Cl)nc(NC(=O)c2c(F)ccc(N)c2F)n1. The van der Waals surface area contributed by atoms with E-state index in [-0.39, 0.29) is 22.7 Å². The summed E-state index contributed by atoms with van der Waals surface area (Å²) < 4.78 is 32.1. The quantitative estimate of drug-likeness (QED) is 0.670. The number of halogens is 3. The third-order valence-electron chi connectivity index (χ3n) is 2.45. The Labute approximate surface area is 122 Å². The van der Waals surface area contributed by atoms with Crippen LogP contribution in [0.15, 0.2) is 18.2 Å². The van der Waals surface area contributed by atoms with Crippen molar-refractivity contribution in [3.63, 3.8) is 0 Å². The lowest BCUT2D eigenvalue weighted by molar-refractivity contribution is 0.101. The Hall–Kier alpha value is -2.48. The van der Waals surface area contributed by atoms with Crippen molar-refractivity contribution >= 4 is 29.1 Å². The van der Waals surface area contributed by atoms with Gasteiger partial charge in [-0.15, -0.1) is 0 Å². The number of aromatic nitrogens is 2. The number of anilines is 2. The summed E-state index contributed by atoms with van der Waals surface area (Å²) in [4.78, 5) is 19.4. The van der Waals surface area contributed by atoms with Crippen LogP contribution in [0, 0.1) is 11.6 Å². The molecule has 0 aliphatic carbocycles. The molecule has 1 heterocycles. The number of carbonyl (C=O) groups is 1. The topological polar surface area (TPSA) is 90.1 Å². The van der Waals surface area contributed by atoms with Gasteiger partial charge in [-0.1, -0.05) is 11.6 Å². The number of hydrogen-bond acceptors (Lipinski definition) is 5. The molecule has 2 aromatic rings. The Morgan fingerprint density at radius 3 is 2.76 bits per heavy atom. The number of benzene rings is 1. The van der Waals surface area contributed by atoms with E-state index >= 15 is 0 Å². The van der Waals surface area contributed by atoms with Crippen molar-refractivity contribution in [1.82, 2.24) is 9.97 Å². The van der Waals surface area contributed by atoms with Crippen LogP contribution in [0.3, 0.4) is 0 Å². The van der Waals surface area contributed by atoms with Gasteiger partial charge in [0.15, 0.2) is 5.82 Å². The Morgan fingerprint density at radius 2 is 2.10 bits per heavy atom. The number of nitrogens with one attached hydrogen (secondary N) is 1. The highest BCUT2D eigenvalue weighted by Gasteiger charge is 2.20. The average Bonchev–Trinajstić information content (AvgIpc) is 2.42. The third-order valence-corrected chi connectivity index (χ3v) is 2.65. The molecule has 6 nitrogen and oxygen atoms in total. The van der Waals surface area contributed by atoms with E-state index in [2.05, 4.69) is 15.3 Å². The zero-order valence-corrected chi connectivity index (χ0v) is 11.4. The van der Waals surface area contributed by atoms with Gasteiger partial charge in [0.1, 0.15) is 16.5 Å². The van der Waals surface area contributed by atoms with Crippen LogP contribution in [0.5, 0.6) is 5.88 Å². The van der Waals surface area contributed by atoms with Crippen molar-refractivity contribution in [2.45, 2.75) is 0 Å². The molecule has 3 N–H and O–H groups in total. The fraction of sp³-hybridized carbons (Fsp3) is 0.0833. The largest absolute Gasteiger partial charge is 0.481 e. The number of hydrogen-bond donors (Lipinski definition) is 2. The van der Waals surface area contributed by atoms with E-state index in [0.717, 1.165) is 12.1 Å². The first kappa shape index (κ1) is 14.9. The second kappa shape index (κ2) is 5.88. The Kier molecular flexibility index (Phi) is 4.18. The van der Waals surface area contributed by atoms with Crippen LogP contribution in [-0.2, 0) is 0 Å². The van der Waals surface area contributed by atoms with Crippen LogP contribution in [0.1, 0.15) is 10.4 Å². The van der Waals surface area contributed by atoms with Gasteiger partial charge in [0.05, 0.1) is 12.8 Å². The second-order valence-electron chi connectivity index (χ2n) is 3.84. The van der Waals surface area contributed by atoms with Gasteiger partial charge in [-0.25, -0.2) is 13.8 Å². The molecule has 21 heavy (non-hydrogen) atoms. The zero-order chi connectivity index (χ0) is 15.6. The van der Waals surface area contributed by atoms with Crippen molar-refractivity contribution in [2.75, 3.05) is 18.2 Å². The highest BCUT2D eigenvalue weighted by Crippen LogP contribution is 2.21. The molecule has 0 bridgehead atoms. The lowest BCUT2D eigenvalue weighted by Crippen LogP contribution is -2.18. The van der Waals surface area contributed by atoms with E-state index in [1.165, 1.54) is 13.2 Å². The molecule has 0 atom stereocenters. The molecule has 1 aromatic carbocycles. The van der Waals surface area contributed by atoms with Gasteiger partial charge < -0.3 is 10.5 Å². The van der Waals surface area contributed by atoms with Gasteiger partial charge in [0.2, 0.25) is 11.8 Å². The first-order chi connectivity index (χ1) is 9.92. The molecule has 2 rings (SSSR count). The molecule has 0 fully saturated rings. The highest BCUT2D eigenvalue weighted by atomic mass is 35.5. The average molecular weight is 315 g/mol. The van der Waals surface area contributed by atoms with Crippen LogP contribution >= 0.6 is 11.6 Å². The van der Waals surface area contributed by atoms with Crippen molar-refractivity contribution in [3.05, 3.63) is 40.6 Å². The van der Waals surface area contributed by atoms with Crippen molar-refractivity contribution < 1.29 is 18.3 Å². The number of amides is 1. The number of methoxy groups -OCH3 is 1. The van der Waals surface area contributed by atoms with Crippen molar-refractivity contribution in [1.29, 1.82) is 0 Å². The maximum Gasteiger partial charge on any atom is 0.264 e. The van der Waals surface area contributed by atoms with Crippen LogP contribution in [0.25, 0.3) is 0 Å². The number of rotatable bonds is 3. The normalized spacial score (nSPS) is 10.3. The lowest BCUT2D eigenvalue weighted by Gasteiger charge is -2.08. The maximum atomic E-state index is 13.7. The predicted molar refractivity (Wildman–Crippen MR) is 72.3 cm³/mol. The third kappa shape index (κ3) is 3.16. The smallest absolute Gasteiger partial charge is 0.264 e. The molecule has 0 unspecified atom stereocenters. The van der Waals surface area contributed by atoms with E-state index in [0.29, 0.717) is 0 Å². The molecule has 0 radical (unpaired) electrons. The molecule has 0 aliphatic heterocycles. The maximum absolute atomic E-state index is 13.7. The predicted octanol–water partition coefficient (Wildman–Crippen LogP) is 2.25. The molecule has 0 spiro atoms. The number of nitrogen functional groups attached to an aromatic ring is 1. The zero-order valence-electron chi connectivity index (χ0n) is 10.7. The fourth-order valence-electron chi connectivity index (χ4n) is 1.50. The van der Waals surface area contributed by atoms with Gasteiger partial charge in [-0.05, 0) is 12.1 Å². The first-order valence-corrected chi connectivity index (χ1v) is 5.93. The minimum atomic E-state index is -1.17. The number of ether oxygens (including phenoxy) is 1. The number of nitrogens with two attached hydrogens (primary N) is 1. The molecular formula is C12H9ClF2N4O2. The summed E-state index contributed by atoms with van der Waals surface area (Å²) in [5.41, 5.74) is 4.11. The summed E-state index contributed by atoms with van der Waals surface area (Å²) in [5, 5.41) is 2.11. The van der Waals surface area contributed by atoms with E-state index < -0.39 is 23.1 Å². The summed E-state index contributed by atoms with van der Waals surface area (Å²) in [5.74, 6) is -3.50. The molecule has 0 saturated carbocycles. The summed E-state index contributed by atoms with van der Waals surface area (Å²) >= 11 is 5.70. The van der Waals surface area contributed by atoms with Gasteiger partial charge in [-0.3, -0.25) is 10.1 Å². The van der Waals surface area contributed by atoms with E-state index in [1.54, 1.807) is 0 Å². The summed E-state index contributed by atoms with van der Waals surface area (Å²) in [6, 6.07) is 3.20. The Bertz CT molecular complexity index is 712. The minimum absolute atomic E-state index is 0.00864. The number of nitrogens with zero attached hydrogens (tertiary/aromatic N) is 2. The van der Waals surface area contributed by atoms with Gasteiger partial charge in [-0.2, -0.15) is 4.98 Å². The monoisotopic (exact) mass is 314 g/mol. The Balaban J connectivity index is 2.35. The number of carbonyl (C=O) groups excluding carboxylic acids is 1. The first-order valence-electron chi connectivity index (χ1n) is 5.55. The van der Waals surface area contributed by atoms with Gasteiger partial charge in [0, 0.05) is 6.07 Å². The van der Waals surface area contributed by atoms with Crippen LogP contribution in [-0.4, -0.2) is 23.0 Å². The minimum Gasteiger partial charge on any atom is -0.481 e. The molecule has 0 saturated heterocycles. The lowest BCUT2D eigenvalue weighted by atomic mass is 10.1. The molecular weight excluding hydrogens is 306 g/mol. The fourth-order valence-corrected chi connectivity index (χ4v) is 1.67. The molecule has 110 valence electrons. The molecule has 1 aromatic heterocycles. The molecule has 9 heteroatoms. The van der Waals surface area contributed by atoms with E-state index in [9.17, 15) is 13.6 Å². The second-order valence-corrected chi connectivity index (χ2v) is 4.22. The summed E-state index contributed by atoms with van der Waals surface area (Å²) in [6.07, 6.45) is 0. The Morgan fingerprint density at radius 1 is 1.38 bits per heavy atom. The van der Waals surface area contributed by atoms with Crippen LogP contribution in [0.4, 0.5) is 20.4 Å². The highest BCUT2D eigenvalue weighted by molar-refractivity contribution is 6.29. The van der Waals surface area contributed by atoms with Crippen molar-refractivity contribution in [3.8, 4) is 5.88 Å².